The van der Waals surface area contributed by atoms with Crippen molar-refractivity contribution in [2.45, 2.75) is 19.4 Å². The first-order valence-corrected chi connectivity index (χ1v) is 9.26. The maximum Gasteiger partial charge on any atom is 0.308 e. The number of amides is 2. The summed E-state index contributed by atoms with van der Waals surface area (Å²) in [4.78, 5) is 46.7. The molecule has 1 atom stereocenters. The average Bonchev–Trinajstić information content (AvgIpc) is 3.20. The molecule has 2 aromatic rings. The van der Waals surface area contributed by atoms with Crippen LogP contribution in [0.1, 0.15) is 24.3 Å². The van der Waals surface area contributed by atoms with E-state index in [-0.39, 0.29) is 29.5 Å². The molecular weight excluding hydrogens is 402 g/mol. The molecule has 0 saturated carbocycles. The number of hydrogen-bond donors (Lipinski definition) is 2. The molecule has 0 aliphatic rings. The summed E-state index contributed by atoms with van der Waals surface area (Å²) in [5.74, 6) is -1.48. The van der Waals surface area contributed by atoms with E-state index in [4.69, 9.17) is 9.47 Å². The van der Waals surface area contributed by atoms with Crippen LogP contribution in [-0.2, 0) is 19.1 Å². The van der Waals surface area contributed by atoms with Crippen LogP contribution in [0.3, 0.4) is 0 Å². The number of benzene rings is 1. The Hall–Kier alpha value is -3.47. The van der Waals surface area contributed by atoms with Gasteiger partial charge in [0.2, 0.25) is 5.91 Å². The van der Waals surface area contributed by atoms with Gasteiger partial charge in [-0.3, -0.25) is 24.5 Å². The van der Waals surface area contributed by atoms with Crippen molar-refractivity contribution < 1.29 is 28.8 Å². The zero-order valence-electron chi connectivity index (χ0n) is 15.7. The maximum atomic E-state index is 12.1. The van der Waals surface area contributed by atoms with Gasteiger partial charge in [0.05, 0.1) is 30.6 Å². The van der Waals surface area contributed by atoms with Crippen LogP contribution in [-0.4, -0.2) is 36.4 Å². The molecule has 2 N–H and O–H groups in total. The third-order valence-corrected chi connectivity index (χ3v) is 4.66. The zero-order valence-corrected chi connectivity index (χ0v) is 16.5. The van der Waals surface area contributed by atoms with Gasteiger partial charge in [-0.1, -0.05) is 6.07 Å². The van der Waals surface area contributed by atoms with Crippen molar-refractivity contribution in [2.75, 3.05) is 19.0 Å². The van der Waals surface area contributed by atoms with E-state index in [2.05, 4.69) is 10.6 Å². The Labute approximate surface area is 170 Å². The first-order valence-electron chi connectivity index (χ1n) is 8.38. The molecule has 1 unspecified atom stereocenters. The molecule has 1 aromatic heterocycles. The summed E-state index contributed by atoms with van der Waals surface area (Å²) in [6.45, 7) is 0.709. The molecule has 0 aliphatic carbocycles. The predicted molar refractivity (Wildman–Crippen MR) is 105 cm³/mol. The number of carbonyl (C=O) groups excluding carboxylic acids is 3. The van der Waals surface area contributed by atoms with Crippen molar-refractivity contribution in [3.63, 3.8) is 0 Å². The number of anilines is 1. The van der Waals surface area contributed by atoms with Crippen LogP contribution in [0.25, 0.3) is 0 Å². The first-order chi connectivity index (χ1) is 13.8. The molecule has 154 valence electrons. The summed E-state index contributed by atoms with van der Waals surface area (Å²) in [5, 5.41) is 17.9. The third kappa shape index (κ3) is 6.57. The fourth-order valence-electron chi connectivity index (χ4n) is 2.41. The molecule has 1 aromatic carbocycles. The number of hydrogen-bond acceptors (Lipinski definition) is 8. The Balaban J connectivity index is 1.94. The Morgan fingerprint density at radius 2 is 2.03 bits per heavy atom. The van der Waals surface area contributed by atoms with Gasteiger partial charge in [-0.2, -0.15) is 0 Å². The molecule has 0 spiro atoms. The van der Waals surface area contributed by atoms with Crippen LogP contribution in [0.5, 0.6) is 5.75 Å². The molecule has 0 saturated heterocycles. The van der Waals surface area contributed by atoms with Gasteiger partial charge < -0.3 is 20.1 Å². The van der Waals surface area contributed by atoms with Gasteiger partial charge >= 0.3 is 5.97 Å². The minimum absolute atomic E-state index is 0.0495. The van der Waals surface area contributed by atoms with E-state index < -0.39 is 29.4 Å². The molecule has 0 fully saturated rings. The fraction of sp³-hybridized carbons (Fsp3) is 0.278. The number of ether oxygens (including phenoxy) is 2. The van der Waals surface area contributed by atoms with Crippen LogP contribution in [0.2, 0.25) is 0 Å². The number of carbonyl (C=O) groups is 3. The summed E-state index contributed by atoms with van der Waals surface area (Å²) in [7, 11) is 1.36. The lowest BCUT2D eigenvalue weighted by atomic mass is 10.1. The highest BCUT2D eigenvalue weighted by Crippen LogP contribution is 2.29. The monoisotopic (exact) mass is 421 g/mol. The van der Waals surface area contributed by atoms with Gasteiger partial charge in [-0.05, 0) is 23.6 Å². The maximum absolute atomic E-state index is 12.1. The van der Waals surface area contributed by atoms with E-state index in [1.807, 2.05) is 5.38 Å². The number of esters is 1. The highest BCUT2D eigenvalue weighted by atomic mass is 32.1. The van der Waals surface area contributed by atoms with E-state index in [0.717, 1.165) is 4.88 Å². The van der Waals surface area contributed by atoms with Crippen molar-refractivity contribution in [3.05, 3.63) is 50.7 Å². The number of nitrogens with one attached hydrogen (secondary N) is 2. The van der Waals surface area contributed by atoms with Gasteiger partial charge in [0, 0.05) is 11.8 Å². The number of methoxy groups -OCH3 is 1. The average molecular weight is 421 g/mol. The molecular formula is C18H19N3O7S. The molecule has 11 heteroatoms. The van der Waals surface area contributed by atoms with Gasteiger partial charge in [0.25, 0.3) is 11.6 Å². The topological polar surface area (TPSA) is 137 Å². The molecule has 2 rings (SSSR count). The van der Waals surface area contributed by atoms with Gasteiger partial charge in [-0.15, -0.1) is 11.3 Å². The van der Waals surface area contributed by atoms with Crippen LogP contribution in [0, 0.1) is 10.1 Å². The largest absolute Gasteiger partial charge is 0.496 e. The van der Waals surface area contributed by atoms with Crippen molar-refractivity contribution in [3.8, 4) is 5.75 Å². The number of nitro benzene ring substituents is 1. The normalized spacial score (nSPS) is 11.2. The highest BCUT2D eigenvalue weighted by molar-refractivity contribution is 7.10. The fourth-order valence-corrected chi connectivity index (χ4v) is 3.19. The van der Waals surface area contributed by atoms with Crippen molar-refractivity contribution in [1.29, 1.82) is 0 Å². The molecule has 0 bridgehead atoms. The van der Waals surface area contributed by atoms with Crippen molar-refractivity contribution >= 4 is 40.5 Å². The number of thiophene rings is 1. The summed E-state index contributed by atoms with van der Waals surface area (Å²) in [6, 6.07) is 6.93. The summed E-state index contributed by atoms with van der Waals surface area (Å²) in [5.41, 5.74) is -0.404. The van der Waals surface area contributed by atoms with Gasteiger partial charge in [0.15, 0.2) is 6.61 Å². The Morgan fingerprint density at radius 1 is 1.28 bits per heavy atom. The number of nitro groups is 1. The minimum atomic E-state index is -0.737. The van der Waals surface area contributed by atoms with Crippen LogP contribution < -0.4 is 15.4 Å². The number of nitrogens with zero attached hydrogens (tertiary/aromatic N) is 1. The Bertz CT molecular complexity index is 899. The summed E-state index contributed by atoms with van der Waals surface area (Å²) in [6.07, 6.45) is -0.157. The second kappa shape index (κ2) is 10.2. The van der Waals surface area contributed by atoms with E-state index in [1.54, 1.807) is 12.1 Å². The number of rotatable bonds is 9. The lowest BCUT2D eigenvalue weighted by Gasteiger charge is -2.15. The zero-order chi connectivity index (χ0) is 21.4. The molecule has 29 heavy (non-hydrogen) atoms. The van der Waals surface area contributed by atoms with Gasteiger partial charge in [-0.25, -0.2) is 0 Å². The Kier molecular flexibility index (Phi) is 7.66. The minimum Gasteiger partial charge on any atom is -0.496 e. The second-order valence-corrected chi connectivity index (χ2v) is 6.80. The molecule has 10 nitrogen and oxygen atoms in total. The first kappa shape index (κ1) is 21.8. The van der Waals surface area contributed by atoms with Crippen LogP contribution in [0.4, 0.5) is 11.4 Å². The summed E-state index contributed by atoms with van der Waals surface area (Å²) < 4.78 is 9.86. The van der Waals surface area contributed by atoms with E-state index in [1.165, 1.54) is 43.6 Å². The van der Waals surface area contributed by atoms with E-state index in [0.29, 0.717) is 0 Å². The second-order valence-electron chi connectivity index (χ2n) is 5.82. The van der Waals surface area contributed by atoms with E-state index in [9.17, 15) is 24.5 Å². The molecule has 2 amide bonds. The quantitative estimate of drug-likeness (QED) is 0.360. The molecule has 0 aliphatic heterocycles. The molecule has 1 heterocycles. The SMILES string of the molecule is COc1ccc(NC(=O)COC(=O)CC(NC(C)=O)c2cccs2)c([N+](=O)[O-])c1. The lowest BCUT2D eigenvalue weighted by molar-refractivity contribution is -0.384. The van der Waals surface area contributed by atoms with E-state index >= 15 is 0 Å². The predicted octanol–water partition coefficient (Wildman–Crippen LogP) is 2.41. The molecule has 0 radical (unpaired) electrons. The smallest absolute Gasteiger partial charge is 0.308 e. The van der Waals surface area contributed by atoms with Gasteiger partial charge in [0.1, 0.15) is 11.4 Å². The van der Waals surface area contributed by atoms with Crippen LogP contribution >= 0.6 is 11.3 Å². The lowest BCUT2D eigenvalue weighted by Crippen LogP contribution is -2.29. The Morgan fingerprint density at radius 3 is 2.62 bits per heavy atom. The van der Waals surface area contributed by atoms with Crippen molar-refractivity contribution in [1.82, 2.24) is 5.32 Å². The standard InChI is InChI=1S/C18H19N3O7S/c1-11(22)19-14(16-4-3-7-29-16)9-18(24)28-10-17(23)20-13-6-5-12(27-2)8-15(13)21(25)26/h3-8,14H,9-10H2,1-2H3,(H,19,22)(H,20,23). The third-order valence-electron chi connectivity index (χ3n) is 3.67. The van der Waals surface area contributed by atoms with Crippen LogP contribution in [0.15, 0.2) is 35.7 Å². The summed E-state index contributed by atoms with van der Waals surface area (Å²) >= 11 is 1.37. The van der Waals surface area contributed by atoms with Crippen molar-refractivity contribution in [2.24, 2.45) is 0 Å². The highest BCUT2D eigenvalue weighted by Gasteiger charge is 2.21.